The van der Waals surface area contributed by atoms with Crippen molar-refractivity contribution >= 4 is 21.7 Å². The molecule has 0 radical (unpaired) electrons. The van der Waals surface area contributed by atoms with Gasteiger partial charge in [0.25, 0.3) is 0 Å². The molecule has 1 unspecified atom stereocenters. The molecule has 18 heavy (non-hydrogen) atoms. The van der Waals surface area contributed by atoms with Crippen molar-refractivity contribution < 1.29 is 14.3 Å². The summed E-state index contributed by atoms with van der Waals surface area (Å²) in [6, 6.07) is 0. The highest BCUT2D eigenvalue weighted by atomic mass is 79.9. The minimum Gasteiger partial charge on any atom is -0.383 e. The number of Topliss-reactive ketones (excluding diaryl/α,β-unsaturated/α-hetero) is 1. The van der Waals surface area contributed by atoms with E-state index in [1.54, 1.807) is 18.0 Å². The summed E-state index contributed by atoms with van der Waals surface area (Å²) in [6.45, 7) is 1.78. The average Bonchev–Trinajstić information content (AvgIpc) is 2.93. The van der Waals surface area contributed by atoms with E-state index < -0.39 is 5.54 Å². The van der Waals surface area contributed by atoms with Gasteiger partial charge in [-0.1, -0.05) is 0 Å². The lowest BCUT2D eigenvalue weighted by Gasteiger charge is -2.20. The number of methoxy groups -OCH3 is 1. The van der Waals surface area contributed by atoms with Crippen LogP contribution >= 0.6 is 15.9 Å². The lowest BCUT2D eigenvalue weighted by Crippen LogP contribution is -2.49. The number of hydrogen-bond donors (Lipinski definition) is 1. The number of carbonyl (C=O) groups is 1. The highest BCUT2D eigenvalue weighted by Gasteiger charge is 2.41. The fraction of sp³-hybridized carbons (Fsp3) is 0.636. The van der Waals surface area contributed by atoms with Crippen molar-refractivity contribution in [1.82, 2.24) is 9.78 Å². The molecule has 1 aromatic rings. The molecule has 0 spiro atoms. The zero-order valence-corrected chi connectivity index (χ0v) is 11.8. The molecule has 100 valence electrons. The minimum absolute atomic E-state index is 0.138. The van der Waals surface area contributed by atoms with E-state index in [0.29, 0.717) is 36.3 Å². The smallest absolute Gasteiger partial charge is 0.204 e. The van der Waals surface area contributed by atoms with Gasteiger partial charge in [0.05, 0.1) is 30.4 Å². The fourth-order valence-electron chi connectivity index (χ4n) is 1.93. The highest BCUT2D eigenvalue weighted by molar-refractivity contribution is 9.10. The van der Waals surface area contributed by atoms with Gasteiger partial charge in [-0.05, 0) is 22.4 Å². The molecule has 0 bridgehead atoms. The number of ether oxygens (including phenoxy) is 2. The summed E-state index contributed by atoms with van der Waals surface area (Å²) >= 11 is 3.34. The van der Waals surface area contributed by atoms with Crippen molar-refractivity contribution in [2.24, 2.45) is 5.73 Å². The minimum atomic E-state index is -0.937. The van der Waals surface area contributed by atoms with Crippen LogP contribution < -0.4 is 5.73 Å². The molecule has 1 aromatic heterocycles. The molecule has 1 saturated heterocycles. The fourth-order valence-corrected chi connectivity index (χ4v) is 2.41. The van der Waals surface area contributed by atoms with Crippen LogP contribution in [-0.4, -0.2) is 48.0 Å². The normalized spacial score (nSPS) is 23.5. The lowest BCUT2D eigenvalue weighted by atomic mass is 9.92. The van der Waals surface area contributed by atoms with E-state index in [9.17, 15) is 4.79 Å². The Hall–Kier alpha value is -0.760. The Bertz CT molecular complexity index is 441. The van der Waals surface area contributed by atoms with E-state index in [-0.39, 0.29) is 12.4 Å². The second kappa shape index (κ2) is 5.48. The van der Waals surface area contributed by atoms with Crippen LogP contribution in [0.3, 0.4) is 0 Å². The third kappa shape index (κ3) is 2.49. The molecule has 6 nitrogen and oxygen atoms in total. The predicted octanol–water partition coefficient (Wildman–Crippen LogP) is 0.592. The van der Waals surface area contributed by atoms with Crippen LogP contribution in [0.15, 0.2) is 10.7 Å². The Kier molecular flexibility index (Phi) is 4.16. The van der Waals surface area contributed by atoms with Crippen molar-refractivity contribution in [2.45, 2.75) is 18.5 Å². The van der Waals surface area contributed by atoms with Gasteiger partial charge in [0, 0.05) is 13.7 Å². The quantitative estimate of drug-likeness (QED) is 0.804. The molecule has 2 N–H and O–H groups in total. The lowest BCUT2D eigenvalue weighted by molar-refractivity contribution is 0.0847. The van der Waals surface area contributed by atoms with Crippen molar-refractivity contribution in [1.29, 1.82) is 0 Å². The first-order chi connectivity index (χ1) is 8.58. The number of hydrogen-bond acceptors (Lipinski definition) is 5. The Balaban J connectivity index is 2.26. The van der Waals surface area contributed by atoms with Gasteiger partial charge < -0.3 is 15.2 Å². The molecule has 7 heteroatoms. The maximum absolute atomic E-state index is 12.5. The Morgan fingerprint density at radius 1 is 1.78 bits per heavy atom. The average molecular weight is 318 g/mol. The van der Waals surface area contributed by atoms with Crippen molar-refractivity contribution in [3.8, 4) is 0 Å². The van der Waals surface area contributed by atoms with E-state index in [1.165, 1.54) is 0 Å². The molecule has 0 aromatic carbocycles. The summed E-state index contributed by atoms with van der Waals surface area (Å²) in [5.41, 5.74) is 5.64. The zero-order valence-electron chi connectivity index (χ0n) is 10.2. The molecule has 2 heterocycles. The monoisotopic (exact) mass is 317 g/mol. The third-order valence-corrected chi connectivity index (χ3v) is 3.60. The van der Waals surface area contributed by atoms with Crippen molar-refractivity contribution in [2.75, 3.05) is 26.9 Å². The Morgan fingerprint density at radius 3 is 3.17 bits per heavy atom. The maximum atomic E-state index is 12.5. The molecule has 1 aliphatic heterocycles. The van der Waals surface area contributed by atoms with E-state index >= 15 is 0 Å². The van der Waals surface area contributed by atoms with Gasteiger partial charge in [0.15, 0.2) is 0 Å². The summed E-state index contributed by atoms with van der Waals surface area (Å²) < 4.78 is 12.5. The van der Waals surface area contributed by atoms with Crippen LogP contribution in [0.5, 0.6) is 0 Å². The maximum Gasteiger partial charge on any atom is 0.204 e. The summed E-state index contributed by atoms with van der Waals surface area (Å²) in [7, 11) is 1.61. The van der Waals surface area contributed by atoms with Crippen LogP contribution in [0.25, 0.3) is 0 Å². The summed E-state index contributed by atoms with van der Waals surface area (Å²) in [6.07, 6.45) is 2.13. The van der Waals surface area contributed by atoms with Gasteiger partial charge in [-0.25, -0.2) is 0 Å². The number of rotatable bonds is 5. The van der Waals surface area contributed by atoms with Crippen molar-refractivity contribution in [3.05, 3.63) is 16.4 Å². The van der Waals surface area contributed by atoms with Gasteiger partial charge >= 0.3 is 0 Å². The number of halogens is 1. The standard InChI is InChI=1S/C11H16BrN3O3/c1-17-5-3-15-9(8(12)6-14-15)10(16)11(13)2-4-18-7-11/h6H,2-5,7,13H2,1H3. The van der Waals surface area contributed by atoms with Crippen LogP contribution in [0.1, 0.15) is 16.9 Å². The molecule has 1 fully saturated rings. The first kappa shape index (κ1) is 13.7. The van der Waals surface area contributed by atoms with Crippen molar-refractivity contribution in [3.63, 3.8) is 0 Å². The molecule has 2 rings (SSSR count). The van der Waals surface area contributed by atoms with Gasteiger partial charge in [-0.2, -0.15) is 5.10 Å². The zero-order chi connectivity index (χ0) is 13.2. The van der Waals surface area contributed by atoms with E-state index in [0.717, 1.165) is 0 Å². The first-order valence-corrected chi connectivity index (χ1v) is 6.49. The van der Waals surface area contributed by atoms with E-state index in [2.05, 4.69) is 21.0 Å². The summed E-state index contributed by atoms with van der Waals surface area (Å²) in [4.78, 5) is 12.5. The summed E-state index contributed by atoms with van der Waals surface area (Å²) in [5.74, 6) is -0.138. The Morgan fingerprint density at radius 2 is 2.56 bits per heavy atom. The number of nitrogens with zero attached hydrogens (tertiary/aromatic N) is 2. The summed E-state index contributed by atoms with van der Waals surface area (Å²) in [5, 5.41) is 4.15. The van der Waals surface area contributed by atoms with Gasteiger partial charge in [0.2, 0.25) is 5.78 Å². The number of aromatic nitrogens is 2. The first-order valence-electron chi connectivity index (χ1n) is 5.70. The molecule has 0 saturated carbocycles. The highest BCUT2D eigenvalue weighted by Crippen LogP contribution is 2.25. The van der Waals surface area contributed by atoms with Gasteiger partial charge in [0.1, 0.15) is 11.2 Å². The number of ketones is 1. The van der Waals surface area contributed by atoms with Gasteiger partial charge in [-0.15, -0.1) is 0 Å². The Labute approximate surface area is 114 Å². The third-order valence-electron chi connectivity index (χ3n) is 3.02. The van der Waals surface area contributed by atoms with E-state index in [1.807, 2.05) is 0 Å². The second-order valence-corrected chi connectivity index (χ2v) is 5.20. The number of carbonyl (C=O) groups excluding carboxylic acids is 1. The van der Waals surface area contributed by atoms with Gasteiger partial charge in [-0.3, -0.25) is 9.48 Å². The second-order valence-electron chi connectivity index (χ2n) is 4.34. The molecular weight excluding hydrogens is 302 g/mol. The van der Waals surface area contributed by atoms with Crippen LogP contribution in [0.4, 0.5) is 0 Å². The molecule has 1 aliphatic rings. The van der Waals surface area contributed by atoms with E-state index in [4.69, 9.17) is 15.2 Å². The molecular formula is C11H16BrN3O3. The number of nitrogens with two attached hydrogens (primary N) is 1. The van der Waals surface area contributed by atoms with Crippen LogP contribution in [0.2, 0.25) is 0 Å². The van der Waals surface area contributed by atoms with Crippen LogP contribution in [0, 0.1) is 0 Å². The predicted molar refractivity (Wildman–Crippen MR) is 68.5 cm³/mol. The largest absolute Gasteiger partial charge is 0.383 e. The molecule has 0 aliphatic carbocycles. The molecule has 0 amide bonds. The molecule has 1 atom stereocenters. The SMILES string of the molecule is COCCn1ncc(Br)c1C(=O)C1(N)CCOC1. The topological polar surface area (TPSA) is 79.4 Å². The van der Waals surface area contributed by atoms with Crippen LogP contribution in [-0.2, 0) is 16.0 Å².